The molecule has 0 atom stereocenters. The van der Waals surface area contributed by atoms with E-state index in [-0.39, 0.29) is 19.1 Å². The number of nitrogens with one attached hydrogen (secondary N) is 1. The van der Waals surface area contributed by atoms with E-state index in [1.54, 1.807) is 18.2 Å². The molecule has 100 valence electrons. The SMILES string of the molecule is COc1c(N)cccc1C(=O)NCCOCCO. The van der Waals surface area contributed by atoms with Gasteiger partial charge in [0.05, 0.1) is 38.2 Å². The molecule has 18 heavy (non-hydrogen) atoms. The van der Waals surface area contributed by atoms with Crippen LogP contribution in [-0.2, 0) is 4.74 Å². The predicted molar refractivity (Wildman–Crippen MR) is 67.6 cm³/mol. The molecule has 6 nitrogen and oxygen atoms in total. The fraction of sp³-hybridized carbons (Fsp3) is 0.417. The quantitative estimate of drug-likeness (QED) is 0.471. The molecule has 0 heterocycles. The van der Waals surface area contributed by atoms with Gasteiger partial charge in [-0.1, -0.05) is 6.07 Å². The number of ether oxygens (including phenoxy) is 2. The number of aliphatic hydroxyl groups excluding tert-OH is 1. The molecular weight excluding hydrogens is 236 g/mol. The van der Waals surface area contributed by atoms with Crippen molar-refractivity contribution in [2.75, 3.05) is 39.2 Å². The summed E-state index contributed by atoms with van der Waals surface area (Å²) in [6.45, 7) is 0.933. The second kappa shape index (κ2) is 7.52. The van der Waals surface area contributed by atoms with Gasteiger partial charge in [-0.25, -0.2) is 0 Å². The first kappa shape index (κ1) is 14.3. The molecule has 0 spiro atoms. The minimum absolute atomic E-state index is 0.0308. The Morgan fingerprint density at radius 2 is 2.22 bits per heavy atom. The zero-order valence-electron chi connectivity index (χ0n) is 10.3. The van der Waals surface area contributed by atoms with E-state index in [0.717, 1.165) is 0 Å². The van der Waals surface area contributed by atoms with Crippen LogP contribution < -0.4 is 15.8 Å². The highest BCUT2D eigenvalue weighted by atomic mass is 16.5. The van der Waals surface area contributed by atoms with Crippen molar-refractivity contribution >= 4 is 11.6 Å². The molecule has 0 fully saturated rings. The van der Waals surface area contributed by atoms with Crippen LogP contribution in [0.2, 0.25) is 0 Å². The van der Waals surface area contributed by atoms with Crippen molar-refractivity contribution < 1.29 is 19.4 Å². The Labute approximate surface area is 106 Å². The van der Waals surface area contributed by atoms with Crippen LogP contribution in [0.1, 0.15) is 10.4 Å². The molecule has 4 N–H and O–H groups in total. The topological polar surface area (TPSA) is 93.8 Å². The lowest BCUT2D eigenvalue weighted by Gasteiger charge is -2.11. The number of methoxy groups -OCH3 is 1. The van der Waals surface area contributed by atoms with E-state index in [9.17, 15) is 4.79 Å². The summed E-state index contributed by atoms with van der Waals surface area (Å²) in [6, 6.07) is 4.99. The monoisotopic (exact) mass is 254 g/mol. The van der Waals surface area contributed by atoms with E-state index in [4.69, 9.17) is 20.3 Å². The first-order valence-corrected chi connectivity index (χ1v) is 5.60. The lowest BCUT2D eigenvalue weighted by Crippen LogP contribution is -2.28. The number of anilines is 1. The van der Waals surface area contributed by atoms with E-state index in [1.165, 1.54) is 7.11 Å². The number of benzene rings is 1. The lowest BCUT2D eigenvalue weighted by molar-refractivity contribution is 0.0836. The van der Waals surface area contributed by atoms with Crippen LogP contribution in [0.5, 0.6) is 5.75 Å². The number of aliphatic hydroxyl groups is 1. The first-order chi connectivity index (χ1) is 8.70. The summed E-state index contributed by atoms with van der Waals surface area (Å²) in [4.78, 5) is 11.9. The summed E-state index contributed by atoms with van der Waals surface area (Å²) in [6.07, 6.45) is 0. The maximum Gasteiger partial charge on any atom is 0.255 e. The van der Waals surface area contributed by atoms with Gasteiger partial charge in [0.25, 0.3) is 5.91 Å². The Bertz CT molecular complexity index is 396. The molecule has 0 radical (unpaired) electrons. The average Bonchev–Trinajstić information content (AvgIpc) is 2.38. The van der Waals surface area contributed by atoms with E-state index in [1.807, 2.05) is 0 Å². The maximum absolute atomic E-state index is 11.9. The molecule has 0 saturated carbocycles. The van der Waals surface area contributed by atoms with Crippen LogP contribution in [-0.4, -0.2) is 44.5 Å². The van der Waals surface area contributed by atoms with Gasteiger partial charge in [0.15, 0.2) is 5.75 Å². The smallest absolute Gasteiger partial charge is 0.255 e. The molecule has 0 aliphatic rings. The third kappa shape index (κ3) is 3.90. The van der Waals surface area contributed by atoms with E-state index in [2.05, 4.69) is 5.32 Å². The van der Waals surface area contributed by atoms with Gasteiger partial charge in [-0.05, 0) is 12.1 Å². The number of rotatable bonds is 7. The largest absolute Gasteiger partial charge is 0.494 e. The van der Waals surface area contributed by atoms with Crippen LogP contribution in [0.3, 0.4) is 0 Å². The third-order valence-electron chi connectivity index (χ3n) is 2.26. The zero-order valence-corrected chi connectivity index (χ0v) is 10.3. The second-order valence-corrected chi connectivity index (χ2v) is 3.52. The second-order valence-electron chi connectivity index (χ2n) is 3.52. The number of hydrogen-bond acceptors (Lipinski definition) is 5. The van der Waals surface area contributed by atoms with Gasteiger partial charge in [-0.3, -0.25) is 4.79 Å². The Morgan fingerprint density at radius 1 is 1.44 bits per heavy atom. The molecule has 0 unspecified atom stereocenters. The molecule has 0 aliphatic carbocycles. The highest BCUT2D eigenvalue weighted by molar-refractivity contribution is 5.98. The van der Waals surface area contributed by atoms with Gasteiger partial charge in [0.1, 0.15) is 0 Å². The van der Waals surface area contributed by atoms with Gasteiger partial charge in [0, 0.05) is 6.54 Å². The Morgan fingerprint density at radius 3 is 2.89 bits per heavy atom. The van der Waals surface area contributed by atoms with Crippen molar-refractivity contribution in [3.05, 3.63) is 23.8 Å². The Kier molecular flexibility index (Phi) is 5.96. The van der Waals surface area contributed by atoms with Gasteiger partial charge < -0.3 is 25.6 Å². The molecule has 0 aromatic heterocycles. The standard InChI is InChI=1S/C12H18N2O4/c1-17-11-9(3-2-4-10(11)13)12(16)14-5-7-18-8-6-15/h2-4,15H,5-8,13H2,1H3,(H,14,16). The zero-order chi connectivity index (χ0) is 13.4. The van der Waals surface area contributed by atoms with Crippen molar-refractivity contribution in [1.82, 2.24) is 5.32 Å². The van der Waals surface area contributed by atoms with E-state index < -0.39 is 0 Å². The predicted octanol–water partition coefficient (Wildman–Crippen LogP) is 0.0161. The summed E-state index contributed by atoms with van der Waals surface area (Å²) in [7, 11) is 1.47. The summed E-state index contributed by atoms with van der Waals surface area (Å²) in [5.74, 6) is 0.0954. The minimum atomic E-state index is -0.272. The fourth-order valence-corrected chi connectivity index (χ4v) is 1.46. The number of amides is 1. The van der Waals surface area contributed by atoms with Crippen LogP contribution >= 0.6 is 0 Å². The van der Waals surface area contributed by atoms with Crippen LogP contribution in [0.15, 0.2) is 18.2 Å². The Balaban J connectivity index is 2.54. The molecule has 1 aromatic rings. The molecule has 0 saturated heterocycles. The van der Waals surface area contributed by atoms with Crippen molar-refractivity contribution in [2.45, 2.75) is 0 Å². The molecule has 1 rings (SSSR count). The van der Waals surface area contributed by atoms with E-state index >= 15 is 0 Å². The van der Waals surface area contributed by atoms with Crippen LogP contribution in [0, 0.1) is 0 Å². The third-order valence-corrected chi connectivity index (χ3v) is 2.26. The highest BCUT2D eigenvalue weighted by Crippen LogP contribution is 2.25. The number of carbonyl (C=O) groups is 1. The number of hydrogen-bond donors (Lipinski definition) is 3. The summed E-state index contributed by atoms with van der Waals surface area (Å²) in [5, 5.41) is 11.2. The normalized spacial score (nSPS) is 10.1. The van der Waals surface area contributed by atoms with Crippen LogP contribution in [0.4, 0.5) is 5.69 Å². The van der Waals surface area contributed by atoms with Gasteiger partial charge in [-0.15, -0.1) is 0 Å². The van der Waals surface area contributed by atoms with Crippen molar-refractivity contribution in [1.29, 1.82) is 0 Å². The summed E-state index contributed by atoms with van der Waals surface area (Å²) < 4.78 is 10.1. The Hall–Kier alpha value is -1.79. The number of carbonyl (C=O) groups excluding carboxylic acids is 1. The van der Waals surface area contributed by atoms with Gasteiger partial charge >= 0.3 is 0 Å². The van der Waals surface area contributed by atoms with Gasteiger partial charge in [0.2, 0.25) is 0 Å². The summed E-state index contributed by atoms with van der Waals surface area (Å²) >= 11 is 0. The van der Waals surface area contributed by atoms with E-state index in [0.29, 0.717) is 30.2 Å². The van der Waals surface area contributed by atoms with Gasteiger partial charge in [-0.2, -0.15) is 0 Å². The summed E-state index contributed by atoms with van der Waals surface area (Å²) in [5.41, 5.74) is 6.51. The molecule has 1 amide bonds. The van der Waals surface area contributed by atoms with Crippen LogP contribution in [0.25, 0.3) is 0 Å². The van der Waals surface area contributed by atoms with Crippen molar-refractivity contribution in [2.24, 2.45) is 0 Å². The fourth-order valence-electron chi connectivity index (χ4n) is 1.46. The van der Waals surface area contributed by atoms with Crippen molar-refractivity contribution in [3.63, 3.8) is 0 Å². The number of para-hydroxylation sites is 1. The molecule has 1 aromatic carbocycles. The minimum Gasteiger partial charge on any atom is -0.494 e. The molecule has 6 heteroatoms. The molecular formula is C12H18N2O4. The number of nitrogens with two attached hydrogens (primary N) is 1. The average molecular weight is 254 g/mol. The maximum atomic E-state index is 11.9. The van der Waals surface area contributed by atoms with Crippen molar-refractivity contribution in [3.8, 4) is 5.75 Å². The molecule has 0 aliphatic heterocycles. The number of nitrogen functional groups attached to an aromatic ring is 1. The first-order valence-electron chi connectivity index (χ1n) is 5.60. The highest BCUT2D eigenvalue weighted by Gasteiger charge is 2.13. The molecule has 0 bridgehead atoms. The lowest BCUT2D eigenvalue weighted by atomic mass is 10.1.